The van der Waals surface area contributed by atoms with E-state index in [1.807, 2.05) is 0 Å². The Morgan fingerprint density at radius 3 is 2.67 bits per heavy atom. The monoisotopic (exact) mass is 386 g/mol. The lowest BCUT2D eigenvalue weighted by molar-refractivity contribution is -0.00569. The molecule has 0 aliphatic carbocycles. The van der Waals surface area contributed by atoms with Gasteiger partial charge in [0.1, 0.15) is 22.8 Å². The summed E-state index contributed by atoms with van der Waals surface area (Å²) in [6, 6.07) is 6.56. The van der Waals surface area contributed by atoms with Crippen molar-refractivity contribution in [2.75, 3.05) is 38.2 Å². The van der Waals surface area contributed by atoms with Crippen molar-refractivity contribution in [2.24, 2.45) is 0 Å². The fraction of sp³-hybridized carbons (Fsp3) is 0.400. The summed E-state index contributed by atoms with van der Waals surface area (Å²) >= 11 is 1.58. The summed E-state index contributed by atoms with van der Waals surface area (Å²) in [7, 11) is 0. The minimum Gasteiger partial charge on any atom is -0.379 e. The zero-order valence-corrected chi connectivity index (χ0v) is 16.4. The number of nitrogens with one attached hydrogen (secondary N) is 1. The topological polar surface area (TPSA) is 50.3 Å². The molecule has 2 aromatic heterocycles. The van der Waals surface area contributed by atoms with Gasteiger partial charge in [0.05, 0.1) is 18.6 Å². The number of hydrogen-bond donors (Lipinski definition) is 1. The highest BCUT2D eigenvalue weighted by molar-refractivity contribution is 7.17. The van der Waals surface area contributed by atoms with Gasteiger partial charge in [-0.15, -0.1) is 11.3 Å². The van der Waals surface area contributed by atoms with Gasteiger partial charge in [0.2, 0.25) is 0 Å². The van der Waals surface area contributed by atoms with E-state index < -0.39 is 0 Å². The number of hydrogen-bond acceptors (Lipinski definition) is 6. The van der Waals surface area contributed by atoms with E-state index in [0.717, 1.165) is 60.0 Å². The van der Waals surface area contributed by atoms with E-state index in [2.05, 4.69) is 39.4 Å². The molecular weight excluding hydrogens is 363 g/mol. The van der Waals surface area contributed by atoms with Crippen molar-refractivity contribution in [3.8, 4) is 11.1 Å². The van der Waals surface area contributed by atoms with E-state index in [1.165, 1.54) is 12.1 Å². The van der Waals surface area contributed by atoms with Crippen molar-refractivity contribution in [1.29, 1.82) is 0 Å². The van der Waals surface area contributed by atoms with Gasteiger partial charge < -0.3 is 10.1 Å². The van der Waals surface area contributed by atoms with Crippen LogP contribution in [0, 0.1) is 5.82 Å². The maximum Gasteiger partial charge on any atom is 0.138 e. The van der Waals surface area contributed by atoms with Crippen molar-refractivity contribution in [1.82, 2.24) is 14.9 Å². The maximum absolute atomic E-state index is 13.3. The number of thiophene rings is 1. The second kappa shape index (κ2) is 7.50. The second-order valence-electron chi connectivity index (χ2n) is 7.32. The number of rotatable bonds is 5. The summed E-state index contributed by atoms with van der Waals surface area (Å²) in [6.07, 6.45) is 1.59. The molecule has 1 aliphatic rings. The van der Waals surface area contributed by atoms with Crippen LogP contribution in [0.5, 0.6) is 0 Å². The number of anilines is 1. The summed E-state index contributed by atoms with van der Waals surface area (Å²) in [5, 5.41) is 6.58. The van der Waals surface area contributed by atoms with Crippen molar-refractivity contribution < 1.29 is 9.13 Å². The van der Waals surface area contributed by atoms with Gasteiger partial charge in [0.25, 0.3) is 0 Å². The van der Waals surface area contributed by atoms with Gasteiger partial charge in [-0.1, -0.05) is 12.1 Å². The Balaban J connectivity index is 1.62. The van der Waals surface area contributed by atoms with Gasteiger partial charge in [-0.05, 0) is 31.5 Å². The quantitative estimate of drug-likeness (QED) is 0.718. The summed E-state index contributed by atoms with van der Waals surface area (Å²) < 4.78 is 18.8. The molecule has 0 unspecified atom stereocenters. The van der Waals surface area contributed by atoms with Gasteiger partial charge >= 0.3 is 0 Å². The van der Waals surface area contributed by atoms with E-state index in [-0.39, 0.29) is 11.4 Å². The molecule has 0 bridgehead atoms. The van der Waals surface area contributed by atoms with E-state index >= 15 is 0 Å². The minimum atomic E-state index is -0.236. The lowest BCUT2D eigenvalue weighted by Crippen LogP contribution is -2.53. The number of nitrogens with zero attached hydrogens (tertiary/aromatic N) is 3. The molecule has 1 fully saturated rings. The van der Waals surface area contributed by atoms with Gasteiger partial charge in [-0.3, -0.25) is 4.90 Å². The highest BCUT2D eigenvalue weighted by atomic mass is 32.1. The Bertz CT molecular complexity index is 919. The van der Waals surface area contributed by atoms with Gasteiger partial charge in [0, 0.05) is 36.1 Å². The first kappa shape index (κ1) is 18.3. The Hall–Kier alpha value is -2.09. The average Bonchev–Trinajstić information content (AvgIpc) is 3.12. The van der Waals surface area contributed by atoms with Crippen LogP contribution in [0.4, 0.5) is 10.2 Å². The zero-order valence-electron chi connectivity index (χ0n) is 15.5. The van der Waals surface area contributed by atoms with Crippen LogP contribution >= 0.6 is 11.3 Å². The molecule has 3 aromatic rings. The number of ether oxygens (including phenoxy) is 1. The molecule has 3 heterocycles. The highest BCUT2D eigenvalue weighted by Gasteiger charge is 2.28. The van der Waals surface area contributed by atoms with Crippen LogP contribution in [0.25, 0.3) is 21.3 Å². The predicted molar refractivity (Wildman–Crippen MR) is 108 cm³/mol. The number of fused-ring (bicyclic) bond motifs is 1. The minimum absolute atomic E-state index is 0.0207. The molecule has 1 aliphatic heterocycles. The zero-order chi connectivity index (χ0) is 18.9. The Kier molecular flexibility index (Phi) is 5.08. The standard InChI is InChI=1S/C20H23FN4OS/c1-20(2,25-7-9-26-10-8-25)12-22-18-17-16(11-27-19(17)24-13-23-18)14-3-5-15(21)6-4-14/h3-6,11,13H,7-10,12H2,1-2H3,(H,22,23,24). The molecule has 0 saturated carbocycles. The predicted octanol–water partition coefficient (Wildman–Crippen LogP) is 4.02. The third-order valence-electron chi connectivity index (χ3n) is 5.08. The van der Waals surface area contributed by atoms with Crippen LogP contribution < -0.4 is 5.32 Å². The largest absolute Gasteiger partial charge is 0.379 e. The smallest absolute Gasteiger partial charge is 0.138 e. The van der Waals surface area contributed by atoms with Crippen LogP contribution in [0.2, 0.25) is 0 Å². The lowest BCUT2D eigenvalue weighted by Gasteiger charge is -2.41. The fourth-order valence-electron chi connectivity index (χ4n) is 3.43. The van der Waals surface area contributed by atoms with Crippen molar-refractivity contribution in [3.05, 3.63) is 41.8 Å². The third kappa shape index (κ3) is 3.81. The van der Waals surface area contributed by atoms with Crippen LogP contribution in [-0.2, 0) is 4.74 Å². The normalized spacial score (nSPS) is 16.0. The Morgan fingerprint density at radius 2 is 1.93 bits per heavy atom. The molecule has 1 saturated heterocycles. The van der Waals surface area contributed by atoms with Crippen LogP contribution in [0.1, 0.15) is 13.8 Å². The number of morpholine rings is 1. The fourth-order valence-corrected chi connectivity index (χ4v) is 4.35. The molecule has 5 nitrogen and oxygen atoms in total. The number of aromatic nitrogens is 2. The van der Waals surface area contributed by atoms with E-state index in [4.69, 9.17) is 4.74 Å². The SMILES string of the molecule is CC(C)(CNc1ncnc2scc(-c3ccc(F)cc3)c12)N1CCOCC1. The van der Waals surface area contributed by atoms with E-state index in [1.54, 1.807) is 29.8 Å². The number of benzene rings is 1. The highest BCUT2D eigenvalue weighted by Crippen LogP contribution is 2.36. The van der Waals surface area contributed by atoms with Gasteiger partial charge in [-0.25, -0.2) is 14.4 Å². The summed E-state index contributed by atoms with van der Waals surface area (Å²) in [5.41, 5.74) is 1.97. The average molecular weight is 386 g/mol. The van der Waals surface area contributed by atoms with Crippen LogP contribution in [0.15, 0.2) is 36.0 Å². The first-order valence-corrected chi connectivity index (χ1v) is 9.97. The molecule has 0 spiro atoms. The first-order chi connectivity index (χ1) is 13.0. The molecule has 1 N–H and O–H groups in total. The summed E-state index contributed by atoms with van der Waals surface area (Å²) in [6.45, 7) is 8.66. The molecule has 0 atom stereocenters. The molecule has 1 aromatic carbocycles. The molecule has 142 valence electrons. The molecule has 0 amide bonds. The molecule has 4 rings (SSSR count). The van der Waals surface area contributed by atoms with Crippen molar-refractivity contribution >= 4 is 27.4 Å². The Morgan fingerprint density at radius 1 is 1.19 bits per heavy atom. The van der Waals surface area contributed by atoms with Crippen molar-refractivity contribution in [2.45, 2.75) is 19.4 Å². The molecule has 7 heteroatoms. The molecule has 27 heavy (non-hydrogen) atoms. The second-order valence-corrected chi connectivity index (χ2v) is 8.18. The third-order valence-corrected chi connectivity index (χ3v) is 5.97. The Labute approximate surface area is 162 Å². The van der Waals surface area contributed by atoms with Crippen molar-refractivity contribution in [3.63, 3.8) is 0 Å². The number of halogens is 1. The summed E-state index contributed by atoms with van der Waals surface area (Å²) in [4.78, 5) is 12.3. The first-order valence-electron chi connectivity index (χ1n) is 9.09. The lowest BCUT2D eigenvalue weighted by atomic mass is 10.0. The maximum atomic E-state index is 13.3. The van der Waals surface area contributed by atoms with Gasteiger partial charge in [0.15, 0.2) is 0 Å². The van der Waals surface area contributed by atoms with Gasteiger partial charge in [-0.2, -0.15) is 0 Å². The molecule has 0 radical (unpaired) electrons. The van der Waals surface area contributed by atoms with E-state index in [0.29, 0.717) is 0 Å². The van der Waals surface area contributed by atoms with E-state index in [9.17, 15) is 4.39 Å². The summed E-state index contributed by atoms with van der Waals surface area (Å²) in [5.74, 6) is 0.585. The van der Waals surface area contributed by atoms with Crippen LogP contribution in [0.3, 0.4) is 0 Å². The molecular formula is C20H23FN4OS. The van der Waals surface area contributed by atoms with Crippen LogP contribution in [-0.4, -0.2) is 53.3 Å².